The van der Waals surface area contributed by atoms with Crippen molar-refractivity contribution in [3.63, 3.8) is 0 Å². The molecule has 0 aromatic heterocycles. The molecule has 1 heterocycles. The summed E-state index contributed by atoms with van der Waals surface area (Å²) in [5.41, 5.74) is 1.94. The van der Waals surface area contributed by atoms with Crippen molar-refractivity contribution in [2.24, 2.45) is 5.92 Å². The molecule has 7 heteroatoms. The van der Waals surface area contributed by atoms with Crippen molar-refractivity contribution < 1.29 is 18.8 Å². The van der Waals surface area contributed by atoms with Crippen molar-refractivity contribution in [2.45, 2.75) is 76.5 Å². The molecular formula is C27H47NO4SSi. The van der Waals surface area contributed by atoms with Crippen LogP contribution in [0.15, 0.2) is 36.9 Å². The van der Waals surface area contributed by atoms with Gasteiger partial charge in [0.25, 0.3) is 0 Å². The topological polar surface area (TPSA) is 54.0 Å². The summed E-state index contributed by atoms with van der Waals surface area (Å²) in [4.78, 5) is 0. The van der Waals surface area contributed by atoms with Crippen LogP contribution in [0.2, 0.25) is 25.7 Å². The van der Waals surface area contributed by atoms with Gasteiger partial charge in [-0.05, 0) is 43.9 Å². The van der Waals surface area contributed by atoms with Crippen LogP contribution in [-0.4, -0.2) is 61.4 Å². The lowest BCUT2D eigenvalue weighted by Gasteiger charge is -2.50. The fourth-order valence-corrected chi connectivity index (χ4v) is 6.05. The first-order valence-corrected chi connectivity index (χ1v) is 17.3. The van der Waals surface area contributed by atoms with Crippen LogP contribution in [0.25, 0.3) is 0 Å². The summed E-state index contributed by atoms with van der Waals surface area (Å²) in [6, 6.07) is 9.83. The number of rotatable bonds is 14. The smallest absolute Gasteiger partial charge is 0.143 e. The Morgan fingerprint density at radius 1 is 1.18 bits per heavy atom. The van der Waals surface area contributed by atoms with E-state index in [1.54, 1.807) is 6.08 Å². The maximum atomic E-state index is 13.7. The molecule has 0 saturated carbocycles. The fourth-order valence-electron chi connectivity index (χ4n) is 3.93. The lowest BCUT2D eigenvalue weighted by Crippen LogP contribution is -2.64. The van der Waals surface area contributed by atoms with Crippen molar-refractivity contribution in [2.75, 3.05) is 39.8 Å². The van der Waals surface area contributed by atoms with Gasteiger partial charge in [0, 0.05) is 32.0 Å². The highest BCUT2D eigenvalue weighted by atomic mass is 32.2. The van der Waals surface area contributed by atoms with Crippen molar-refractivity contribution in [3.8, 4) is 0 Å². The Kier molecular flexibility index (Phi) is 10.9. The first kappa shape index (κ1) is 29.6. The number of hydrogen-bond acceptors (Lipinski definition) is 5. The molecule has 0 spiro atoms. The quantitative estimate of drug-likeness (QED) is 0.102. The average molecular weight is 510 g/mol. The van der Waals surface area contributed by atoms with E-state index in [1.807, 2.05) is 25.1 Å². The van der Waals surface area contributed by atoms with Gasteiger partial charge in [-0.25, -0.2) is 0 Å². The first-order chi connectivity index (χ1) is 15.8. The fraction of sp³-hybridized carbons (Fsp3) is 0.704. The predicted octanol–water partition coefficient (Wildman–Crippen LogP) is 5.93. The molecule has 1 aromatic rings. The molecule has 5 nitrogen and oxygen atoms in total. The molecule has 0 bridgehead atoms. The van der Waals surface area contributed by atoms with Gasteiger partial charge in [-0.15, -0.1) is 6.58 Å². The van der Waals surface area contributed by atoms with E-state index >= 15 is 0 Å². The van der Waals surface area contributed by atoms with E-state index in [2.05, 4.69) is 64.3 Å². The summed E-state index contributed by atoms with van der Waals surface area (Å²) >= 11 is -1.23. The molecule has 1 unspecified atom stereocenters. The lowest BCUT2D eigenvalue weighted by atomic mass is 9.84. The molecule has 0 amide bonds. The van der Waals surface area contributed by atoms with Crippen molar-refractivity contribution in [1.82, 2.24) is 4.31 Å². The number of nitrogens with zero attached hydrogens (tertiary/aromatic N) is 1. The lowest BCUT2D eigenvalue weighted by molar-refractivity contribution is -0.139. The summed E-state index contributed by atoms with van der Waals surface area (Å²) in [6.45, 7) is 24.6. The van der Waals surface area contributed by atoms with Gasteiger partial charge in [-0.3, -0.25) is 0 Å². The molecule has 0 aliphatic carbocycles. The van der Waals surface area contributed by atoms with Gasteiger partial charge in [0.05, 0.1) is 26.4 Å². The summed E-state index contributed by atoms with van der Waals surface area (Å²) < 4.78 is 32.9. The molecule has 2 atom stereocenters. The summed E-state index contributed by atoms with van der Waals surface area (Å²) in [6.07, 6.45) is 1.79. The van der Waals surface area contributed by atoms with E-state index in [4.69, 9.17) is 14.2 Å². The largest absolute Gasteiger partial charge is 0.597 e. The minimum Gasteiger partial charge on any atom is -0.597 e. The number of hydrogen-bond donors (Lipinski definition) is 0. The van der Waals surface area contributed by atoms with Gasteiger partial charge < -0.3 is 18.8 Å². The molecule has 34 heavy (non-hydrogen) atoms. The minimum absolute atomic E-state index is 0.312. The highest BCUT2D eigenvalue weighted by Gasteiger charge is 2.54. The molecule has 0 N–H and O–H groups in total. The highest BCUT2D eigenvalue weighted by molar-refractivity contribution is 7.90. The van der Waals surface area contributed by atoms with Crippen molar-refractivity contribution in [3.05, 3.63) is 48.0 Å². The van der Waals surface area contributed by atoms with Crippen molar-refractivity contribution in [1.29, 1.82) is 0 Å². The monoisotopic (exact) mass is 509 g/mol. The van der Waals surface area contributed by atoms with Gasteiger partial charge in [0.2, 0.25) is 0 Å². The third-order valence-corrected chi connectivity index (χ3v) is 9.91. The zero-order valence-electron chi connectivity index (χ0n) is 22.7. The van der Waals surface area contributed by atoms with Crippen LogP contribution < -0.4 is 0 Å². The molecule has 1 aliphatic rings. The Hall–Kier alpha value is -0.673. The van der Waals surface area contributed by atoms with Crippen LogP contribution >= 0.6 is 0 Å². The second kappa shape index (κ2) is 12.5. The Balaban J connectivity index is 2.27. The molecular weight excluding hydrogens is 462 g/mol. The van der Waals surface area contributed by atoms with Gasteiger partial charge in [-0.1, -0.05) is 68.1 Å². The molecule has 194 valence electrons. The average Bonchev–Trinajstić information content (AvgIpc) is 2.70. The second-order valence-electron chi connectivity index (χ2n) is 11.9. The maximum Gasteiger partial charge on any atom is 0.143 e. The Morgan fingerprint density at radius 3 is 2.24 bits per heavy atom. The molecule has 1 aromatic carbocycles. The molecule has 1 saturated heterocycles. The summed E-state index contributed by atoms with van der Waals surface area (Å²) in [5, 5.41) is 0. The van der Waals surface area contributed by atoms with Crippen LogP contribution in [0.3, 0.4) is 0 Å². The zero-order chi connectivity index (χ0) is 25.6. The van der Waals surface area contributed by atoms with E-state index in [1.165, 1.54) is 5.56 Å². The standard InChI is InChI=1S/C27H47NO4SSi/c1-10-15-30-18-25(22(2)3)23-11-13-24(14-12-23)27(19-32-20-27)28(33(29)26(4,5)6)21-31-16-17-34(7,8)9/h10-14,22,25H,1,15-21H2,2-9H3/t25-,33?/m1/s1. The Morgan fingerprint density at radius 2 is 1.79 bits per heavy atom. The maximum absolute atomic E-state index is 13.7. The highest BCUT2D eigenvalue weighted by Crippen LogP contribution is 2.41. The van der Waals surface area contributed by atoms with E-state index in [0.29, 0.717) is 51.6 Å². The summed E-state index contributed by atoms with van der Waals surface area (Å²) in [7, 11) is -1.20. The van der Waals surface area contributed by atoms with Crippen LogP contribution in [0.5, 0.6) is 0 Å². The second-order valence-corrected chi connectivity index (χ2v) is 19.7. The normalized spacial score (nSPS) is 18.1. The van der Waals surface area contributed by atoms with E-state index in [-0.39, 0.29) is 0 Å². The van der Waals surface area contributed by atoms with E-state index in [9.17, 15) is 4.55 Å². The van der Waals surface area contributed by atoms with Gasteiger partial charge in [0.15, 0.2) is 0 Å². The SMILES string of the molecule is C=CCOC[C@@H](c1ccc(C2(N(COCC[Si](C)(C)C)[S+]([O-])C(C)(C)C)COC2)cc1)C(C)C. The number of ether oxygens (including phenoxy) is 3. The molecule has 0 radical (unpaired) electrons. The van der Waals surface area contributed by atoms with E-state index < -0.39 is 29.7 Å². The third-order valence-electron chi connectivity index (χ3n) is 6.30. The van der Waals surface area contributed by atoms with Gasteiger partial charge in [0.1, 0.15) is 17.0 Å². The third kappa shape index (κ3) is 7.92. The van der Waals surface area contributed by atoms with Gasteiger partial charge >= 0.3 is 0 Å². The molecule has 2 rings (SSSR count). The predicted molar refractivity (Wildman–Crippen MR) is 146 cm³/mol. The number of benzene rings is 1. The Labute approximate surface area is 212 Å². The first-order valence-electron chi connectivity index (χ1n) is 12.5. The Bertz CT molecular complexity index is 753. The zero-order valence-corrected chi connectivity index (χ0v) is 24.5. The molecule has 1 fully saturated rings. The van der Waals surface area contributed by atoms with Crippen molar-refractivity contribution >= 4 is 19.4 Å². The van der Waals surface area contributed by atoms with Crippen LogP contribution in [0.1, 0.15) is 51.7 Å². The molecule has 1 aliphatic heterocycles. The van der Waals surface area contributed by atoms with E-state index in [0.717, 1.165) is 11.6 Å². The van der Waals surface area contributed by atoms with Gasteiger partial charge in [-0.2, -0.15) is 0 Å². The summed E-state index contributed by atoms with van der Waals surface area (Å²) in [5.74, 6) is 0.772. The van der Waals surface area contributed by atoms with Crippen LogP contribution in [0, 0.1) is 5.92 Å². The van der Waals surface area contributed by atoms with Crippen LogP contribution in [0.4, 0.5) is 0 Å². The minimum atomic E-state index is -1.23. The van der Waals surface area contributed by atoms with Crippen LogP contribution in [-0.2, 0) is 31.1 Å².